The van der Waals surface area contributed by atoms with Crippen LogP contribution in [0.4, 0.5) is 0 Å². The van der Waals surface area contributed by atoms with Gasteiger partial charge in [0.2, 0.25) is 5.91 Å². The largest absolute Gasteiger partial charge is 0.349 e. The molecule has 1 aliphatic rings. The molecule has 4 nitrogen and oxygen atoms in total. The van der Waals surface area contributed by atoms with E-state index in [1.54, 1.807) is 0 Å². The number of carbonyl (C=O) groups is 1. The van der Waals surface area contributed by atoms with Crippen molar-refractivity contribution < 1.29 is 4.79 Å². The van der Waals surface area contributed by atoms with E-state index >= 15 is 0 Å². The molecular formula is C16H27N3O. The van der Waals surface area contributed by atoms with Crippen molar-refractivity contribution in [1.82, 2.24) is 15.1 Å². The normalized spacial score (nSPS) is 20.8. The summed E-state index contributed by atoms with van der Waals surface area (Å²) in [4.78, 5) is 12.4. The lowest BCUT2D eigenvalue weighted by atomic mass is 9.74. The summed E-state index contributed by atoms with van der Waals surface area (Å²) in [5.41, 5.74) is 2.66. The average Bonchev–Trinajstić information content (AvgIpc) is 2.71. The third kappa shape index (κ3) is 2.89. The minimum atomic E-state index is 0.107. The van der Waals surface area contributed by atoms with Gasteiger partial charge in [0.25, 0.3) is 0 Å². The number of fused-ring (bicyclic) bond motifs is 1. The first-order chi connectivity index (χ1) is 9.38. The lowest BCUT2D eigenvalue weighted by Gasteiger charge is -2.36. The van der Waals surface area contributed by atoms with Crippen molar-refractivity contribution in [2.24, 2.45) is 18.4 Å². The fourth-order valence-corrected chi connectivity index (χ4v) is 3.25. The van der Waals surface area contributed by atoms with Crippen LogP contribution in [0.25, 0.3) is 0 Å². The minimum Gasteiger partial charge on any atom is -0.349 e. The number of amides is 1. The van der Waals surface area contributed by atoms with E-state index in [0.29, 0.717) is 0 Å². The van der Waals surface area contributed by atoms with Gasteiger partial charge >= 0.3 is 0 Å². The third-order valence-electron chi connectivity index (χ3n) is 4.54. The van der Waals surface area contributed by atoms with Gasteiger partial charge < -0.3 is 5.32 Å². The Bertz CT molecular complexity index is 486. The van der Waals surface area contributed by atoms with Gasteiger partial charge in [-0.05, 0) is 31.1 Å². The molecule has 0 unspecified atom stereocenters. The van der Waals surface area contributed by atoms with Crippen LogP contribution in [0.15, 0.2) is 6.20 Å². The van der Waals surface area contributed by atoms with Crippen molar-refractivity contribution in [2.45, 2.75) is 59.4 Å². The quantitative estimate of drug-likeness (QED) is 0.919. The van der Waals surface area contributed by atoms with Crippen molar-refractivity contribution in [3.8, 4) is 0 Å². The molecule has 0 aliphatic heterocycles. The van der Waals surface area contributed by atoms with Gasteiger partial charge in [0.05, 0.1) is 12.2 Å². The zero-order chi connectivity index (χ0) is 14.9. The van der Waals surface area contributed by atoms with Gasteiger partial charge in [-0.2, -0.15) is 5.10 Å². The SMILES string of the molecule is CCC(CC)C(=O)N[C@@H]1CC(C)(C)Cc2c1cnn2C. The second kappa shape index (κ2) is 5.58. The molecule has 0 fully saturated rings. The summed E-state index contributed by atoms with van der Waals surface area (Å²) in [7, 11) is 1.99. The Labute approximate surface area is 121 Å². The Hall–Kier alpha value is -1.32. The average molecular weight is 277 g/mol. The van der Waals surface area contributed by atoms with Crippen molar-refractivity contribution in [1.29, 1.82) is 0 Å². The fraction of sp³-hybridized carbons (Fsp3) is 0.750. The summed E-state index contributed by atoms with van der Waals surface area (Å²) in [5, 5.41) is 7.63. The van der Waals surface area contributed by atoms with Crippen LogP contribution in [0.5, 0.6) is 0 Å². The molecule has 0 radical (unpaired) electrons. The van der Waals surface area contributed by atoms with Gasteiger partial charge in [-0.3, -0.25) is 9.48 Å². The van der Waals surface area contributed by atoms with Gasteiger partial charge in [0.15, 0.2) is 0 Å². The number of carbonyl (C=O) groups excluding carboxylic acids is 1. The minimum absolute atomic E-state index is 0.107. The standard InChI is InChI=1S/C16H27N3O/c1-6-11(7-2)15(20)18-13-8-16(3,4)9-14-12(13)10-17-19(14)5/h10-11,13H,6-9H2,1-5H3,(H,18,20)/t13-/m1/s1. The third-order valence-corrected chi connectivity index (χ3v) is 4.54. The molecule has 0 saturated heterocycles. The second-order valence-corrected chi connectivity index (χ2v) is 6.79. The van der Waals surface area contributed by atoms with Crippen LogP contribution in [-0.4, -0.2) is 15.7 Å². The van der Waals surface area contributed by atoms with E-state index in [4.69, 9.17) is 0 Å². The highest BCUT2D eigenvalue weighted by Crippen LogP contribution is 2.40. The fourth-order valence-electron chi connectivity index (χ4n) is 3.25. The zero-order valence-electron chi connectivity index (χ0n) is 13.4. The van der Waals surface area contributed by atoms with Crippen molar-refractivity contribution >= 4 is 5.91 Å². The predicted octanol–water partition coefficient (Wildman–Crippen LogP) is 2.99. The monoisotopic (exact) mass is 277 g/mol. The van der Waals surface area contributed by atoms with Gasteiger partial charge in [0.1, 0.15) is 0 Å². The van der Waals surface area contributed by atoms with Crippen LogP contribution in [0.3, 0.4) is 0 Å². The molecular weight excluding hydrogens is 250 g/mol. The second-order valence-electron chi connectivity index (χ2n) is 6.79. The number of hydrogen-bond donors (Lipinski definition) is 1. The Morgan fingerprint density at radius 3 is 2.75 bits per heavy atom. The topological polar surface area (TPSA) is 46.9 Å². The van der Waals surface area contributed by atoms with Crippen molar-refractivity contribution in [3.63, 3.8) is 0 Å². The van der Waals surface area contributed by atoms with Gasteiger partial charge in [-0.25, -0.2) is 0 Å². The first-order valence-corrected chi connectivity index (χ1v) is 7.69. The molecule has 0 bridgehead atoms. The molecule has 0 aromatic carbocycles. The molecule has 20 heavy (non-hydrogen) atoms. The summed E-state index contributed by atoms with van der Waals surface area (Å²) in [6.45, 7) is 8.68. The lowest BCUT2D eigenvalue weighted by molar-refractivity contribution is -0.126. The molecule has 1 atom stereocenters. The molecule has 1 aromatic rings. The van der Waals surface area contributed by atoms with Crippen LogP contribution in [0.2, 0.25) is 0 Å². The van der Waals surface area contributed by atoms with Crippen LogP contribution < -0.4 is 5.32 Å². The molecule has 4 heteroatoms. The van der Waals surface area contributed by atoms with Gasteiger partial charge in [-0.15, -0.1) is 0 Å². The molecule has 1 N–H and O–H groups in total. The number of rotatable bonds is 4. The molecule has 0 spiro atoms. The van der Waals surface area contributed by atoms with Crippen LogP contribution in [-0.2, 0) is 18.3 Å². The molecule has 0 saturated carbocycles. The van der Waals surface area contributed by atoms with E-state index in [0.717, 1.165) is 25.7 Å². The zero-order valence-corrected chi connectivity index (χ0v) is 13.4. The van der Waals surface area contributed by atoms with Crippen molar-refractivity contribution in [3.05, 3.63) is 17.5 Å². The van der Waals surface area contributed by atoms with Crippen LogP contribution in [0.1, 0.15) is 64.3 Å². The molecule has 1 aliphatic carbocycles. The predicted molar refractivity (Wildman–Crippen MR) is 80.3 cm³/mol. The number of nitrogens with zero attached hydrogens (tertiary/aromatic N) is 2. The highest BCUT2D eigenvalue weighted by Gasteiger charge is 2.35. The van der Waals surface area contributed by atoms with E-state index in [9.17, 15) is 4.79 Å². The Morgan fingerprint density at radius 2 is 2.15 bits per heavy atom. The number of nitrogens with one attached hydrogen (secondary N) is 1. The molecule has 2 rings (SSSR count). The number of hydrogen-bond acceptors (Lipinski definition) is 2. The molecule has 1 amide bonds. The maximum atomic E-state index is 12.4. The first-order valence-electron chi connectivity index (χ1n) is 7.69. The smallest absolute Gasteiger partial charge is 0.223 e. The summed E-state index contributed by atoms with van der Waals surface area (Å²) in [5.74, 6) is 0.313. The van der Waals surface area contributed by atoms with E-state index in [1.807, 2.05) is 17.9 Å². The molecule has 112 valence electrons. The molecule has 1 heterocycles. The van der Waals surface area contributed by atoms with Crippen LogP contribution >= 0.6 is 0 Å². The Kier molecular flexibility index (Phi) is 4.21. The van der Waals surface area contributed by atoms with Gasteiger partial charge in [-0.1, -0.05) is 27.7 Å². The highest BCUT2D eigenvalue weighted by molar-refractivity contribution is 5.79. The number of aryl methyl sites for hydroxylation is 1. The van der Waals surface area contributed by atoms with E-state index in [-0.39, 0.29) is 23.3 Å². The first kappa shape index (κ1) is 15.1. The summed E-state index contributed by atoms with van der Waals surface area (Å²) in [6.07, 6.45) is 5.73. The van der Waals surface area contributed by atoms with E-state index in [2.05, 4.69) is 38.1 Å². The molecule has 1 aromatic heterocycles. The lowest BCUT2D eigenvalue weighted by Crippen LogP contribution is -2.39. The van der Waals surface area contributed by atoms with E-state index in [1.165, 1.54) is 11.3 Å². The van der Waals surface area contributed by atoms with Gasteiger partial charge in [0, 0.05) is 24.2 Å². The Balaban J connectivity index is 2.21. The van der Waals surface area contributed by atoms with Crippen molar-refractivity contribution in [2.75, 3.05) is 0 Å². The summed E-state index contributed by atoms with van der Waals surface area (Å²) in [6, 6.07) is 0.107. The van der Waals surface area contributed by atoms with E-state index < -0.39 is 0 Å². The summed E-state index contributed by atoms with van der Waals surface area (Å²) >= 11 is 0. The summed E-state index contributed by atoms with van der Waals surface area (Å²) < 4.78 is 1.95. The number of aromatic nitrogens is 2. The highest BCUT2D eigenvalue weighted by atomic mass is 16.1. The Morgan fingerprint density at radius 1 is 1.50 bits per heavy atom. The maximum absolute atomic E-state index is 12.4. The maximum Gasteiger partial charge on any atom is 0.223 e. The van der Waals surface area contributed by atoms with Crippen LogP contribution in [0, 0.1) is 11.3 Å².